The molecule has 0 fully saturated rings. The second-order valence-electron chi connectivity index (χ2n) is 5.57. The van der Waals surface area contributed by atoms with Crippen LogP contribution in [0.5, 0.6) is 5.75 Å². The summed E-state index contributed by atoms with van der Waals surface area (Å²) >= 11 is 7.98. The number of rotatable bonds is 7. The van der Waals surface area contributed by atoms with Crippen molar-refractivity contribution in [3.05, 3.63) is 44.4 Å². The Balaban J connectivity index is 0.00000338. The second-order valence-corrected chi connectivity index (χ2v) is 7.27. The number of nitrogens with one attached hydrogen (secondary N) is 2. The van der Waals surface area contributed by atoms with Crippen molar-refractivity contribution in [3.8, 4) is 5.75 Å². The van der Waals surface area contributed by atoms with Gasteiger partial charge in [-0.1, -0.05) is 17.7 Å². The van der Waals surface area contributed by atoms with Gasteiger partial charge in [0.05, 0.1) is 24.4 Å². The molecule has 1 heterocycles. The molecule has 0 aliphatic carbocycles. The van der Waals surface area contributed by atoms with Gasteiger partial charge >= 0.3 is 0 Å². The summed E-state index contributed by atoms with van der Waals surface area (Å²) < 4.78 is 5.18. The maximum Gasteiger partial charge on any atom is 0.191 e. The summed E-state index contributed by atoms with van der Waals surface area (Å²) in [6.45, 7) is 8.30. The average Bonchev–Trinajstić information content (AvgIpc) is 2.91. The van der Waals surface area contributed by atoms with E-state index in [0.717, 1.165) is 52.5 Å². The molecule has 2 aromatic rings. The maximum absolute atomic E-state index is 6.29. The van der Waals surface area contributed by atoms with Gasteiger partial charge in [-0.15, -0.1) is 35.3 Å². The molecule has 0 spiro atoms. The van der Waals surface area contributed by atoms with Crippen LogP contribution in [0.15, 0.2) is 23.2 Å². The zero-order valence-electron chi connectivity index (χ0n) is 15.6. The molecule has 0 saturated heterocycles. The van der Waals surface area contributed by atoms with Crippen molar-refractivity contribution in [1.29, 1.82) is 0 Å². The maximum atomic E-state index is 6.29. The highest BCUT2D eigenvalue weighted by Crippen LogP contribution is 2.22. The summed E-state index contributed by atoms with van der Waals surface area (Å²) in [7, 11) is 1.64. The van der Waals surface area contributed by atoms with Crippen LogP contribution in [0.3, 0.4) is 0 Å². The molecule has 2 N–H and O–H groups in total. The van der Waals surface area contributed by atoms with Crippen LogP contribution in [0.2, 0.25) is 5.02 Å². The Kier molecular flexibility index (Phi) is 10.3. The van der Waals surface area contributed by atoms with Crippen molar-refractivity contribution >= 4 is 52.9 Å². The first-order valence-corrected chi connectivity index (χ1v) is 9.50. The number of hydrogen-bond acceptors (Lipinski definition) is 4. The minimum Gasteiger partial charge on any atom is -0.497 e. The Morgan fingerprint density at radius 2 is 2.08 bits per heavy atom. The molecule has 0 saturated carbocycles. The molecule has 1 aromatic heterocycles. The number of aryl methyl sites for hydroxylation is 2. The van der Waals surface area contributed by atoms with Gasteiger partial charge in [-0.3, -0.25) is 0 Å². The smallest absolute Gasteiger partial charge is 0.191 e. The van der Waals surface area contributed by atoms with Gasteiger partial charge < -0.3 is 15.4 Å². The van der Waals surface area contributed by atoms with E-state index in [2.05, 4.69) is 27.5 Å². The van der Waals surface area contributed by atoms with Gasteiger partial charge in [-0.2, -0.15) is 0 Å². The molecule has 2 rings (SSSR count). The summed E-state index contributed by atoms with van der Waals surface area (Å²) in [6, 6.07) is 5.76. The number of benzene rings is 1. The first-order chi connectivity index (χ1) is 12.0. The predicted molar refractivity (Wildman–Crippen MR) is 122 cm³/mol. The molecule has 1 aromatic carbocycles. The number of methoxy groups -OCH3 is 1. The first kappa shape index (κ1) is 23.0. The van der Waals surface area contributed by atoms with E-state index >= 15 is 0 Å². The quantitative estimate of drug-likeness (QED) is 0.332. The molecule has 0 aliphatic heterocycles. The molecule has 0 radical (unpaired) electrons. The number of aliphatic imine (C=N–C) groups is 1. The van der Waals surface area contributed by atoms with Crippen molar-refractivity contribution < 1.29 is 4.74 Å². The Morgan fingerprint density at radius 3 is 2.65 bits per heavy atom. The van der Waals surface area contributed by atoms with Gasteiger partial charge in [0.15, 0.2) is 5.96 Å². The lowest BCUT2D eigenvalue weighted by molar-refractivity contribution is 0.414. The summed E-state index contributed by atoms with van der Waals surface area (Å²) in [5.74, 6) is 1.57. The fraction of sp³-hybridized carbons (Fsp3) is 0.444. The lowest BCUT2D eigenvalue weighted by Crippen LogP contribution is -2.38. The molecule has 0 atom stereocenters. The topological polar surface area (TPSA) is 58.5 Å². The second kappa shape index (κ2) is 11.6. The number of ether oxygens (including phenoxy) is 1. The zero-order valence-corrected chi connectivity index (χ0v) is 19.5. The van der Waals surface area contributed by atoms with Gasteiger partial charge in [0.2, 0.25) is 0 Å². The third kappa shape index (κ3) is 6.92. The van der Waals surface area contributed by atoms with Crippen LogP contribution in [0.25, 0.3) is 0 Å². The largest absolute Gasteiger partial charge is 0.497 e. The lowest BCUT2D eigenvalue weighted by Gasteiger charge is -2.12. The Morgan fingerprint density at radius 1 is 1.31 bits per heavy atom. The van der Waals surface area contributed by atoms with Crippen LogP contribution in [0, 0.1) is 13.8 Å². The minimum atomic E-state index is 0. The van der Waals surface area contributed by atoms with E-state index < -0.39 is 0 Å². The van der Waals surface area contributed by atoms with Gasteiger partial charge in [-0.05, 0) is 44.9 Å². The highest BCUT2D eigenvalue weighted by Gasteiger charge is 2.06. The third-order valence-electron chi connectivity index (χ3n) is 3.67. The van der Waals surface area contributed by atoms with Crippen molar-refractivity contribution in [3.63, 3.8) is 0 Å². The van der Waals surface area contributed by atoms with Crippen LogP contribution in [-0.2, 0) is 13.0 Å². The van der Waals surface area contributed by atoms with Crippen molar-refractivity contribution in [2.24, 2.45) is 4.99 Å². The molecule has 0 unspecified atom stereocenters. The highest BCUT2D eigenvalue weighted by atomic mass is 127. The summed E-state index contributed by atoms with van der Waals surface area (Å²) in [4.78, 5) is 10.3. The number of aromatic nitrogens is 1. The Bertz CT molecular complexity index is 736. The van der Waals surface area contributed by atoms with Crippen LogP contribution >= 0.6 is 46.9 Å². The van der Waals surface area contributed by atoms with Gasteiger partial charge in [0.1, 0.15) is 5.75 Å². The first-order valence-electron chi connectivity index (χ1n) is 8.31. The van der Waals surface area contributed by atoms with Gasteiger partial charge in [-0.25, -0.2) is 9.98 Å². The van der Waals surface area contributed by atoms with E-state index in [1.165, 1.54) is 4.88 Å². The molecular weight excluding hydrogens is 483 g/mol. The van der Waals surface area contributed by atoms with E-state index in [-0.39, 0.29) is 24.0 Å². The van der Waals surface area contributed by atoms with E-state index in [0.29, 0.717) is 6.54 Å². The average molecular weight is 509 g/mol. The third-order valence-corrected chi connectivity index (χ3v) is 5.08. The number of nitrogens with zero attached hydrogens (tertiary/aromatic N) is 2. The molecule has 5 nitrogen and oxygen atoms in total. The molecule has 26 heavy (non-hydrogen) atoms. The van der Waals surface area contributed by atoms with Crippen LogP contribution in [-0.4, -0.2) is 31.1 Å². The summed E-state index contributed by atoms with van der Waals surface area (Å²) in [5.41, 5.74) is 2.15. The monoisotopic (exact) mass is 508 g/mol. The molecular formula is C18H26ClIN4OS. The van der Waals surface area contributed by atoms with Crippen LogP contribution in [0.1, 0.15) is 28.1 Å². The van der Waals surface area contributed by atoms with Crippen molar-refractivity contribution in [1.82, 2.24) is 15.6 Å². The van der Waals surface area contributed by atoms with E-state index in [1.807, 2.05) is 32.0 Å². The Labute approximate surface area is 181 Å². The van der Waals surface area contributed by atoms with Crippen molar-refractivity contribution in [2.45, 2.75) is 33.7 Å². The van der Waals surface area contributed by atoms with Crippen molar-refractivity contribution in [2.75, 3.05) is 20.2 Å². The number of thiazole rings is 1. The minimum absolute atomic E-state index is 0. The molecule has 0 amide bonds. The normalized spacial score (nSPS) is 11.0. The molecule has 144 valence electrons. The lowest BCUT2D eigenvalue weighted by atomic mass is 10.1. The van der Waals surface area contributed by atoms with E-state index in [1.54, 1.807) is 18.4 Å². The van der Waals surface area contributed by atoms with Crippen LogP contribution < -0.4 is 15.4 Å². The van der Waals surface area contributed by atoms with E-state index in [9.17, 15) is 0 Å². The SMILES string of the molecule is CCNC(=NCc1sc(C)nc1C)NCCc1ccc(OC)cc1Cl.I. The van der Waals surface area contributed by atoms with Gasteiger partial charge in [0.25, 0.3) is 0 Å². The number of halogens is 2. The molecule has 0 bridgehead atoms. The Hall–Kier alpha value is -1.06. The molecule has 0 aliphatic rings. The van der Waals surface area contributed by atoms with E-state index in [4.69, 9.17) is 16.3 Å². The number of hydrogen-bond donors (Lipinski definition) is 2. The van der Waals surface area contributed by atoms with Crippen LogP contribution in [0.4, 0.5) is 0 Å². The summed E-state index contributed by atoms with van der Waals surface area (Å²) in [5, 5.41) is 8.42. The fourth-order valence-electron chi connectivity index (χ4n) is 2.39. The summed E-state index contributed by atoms with van der Waals surface area (Å²) in [6.07, 6.45) is 0.811. The molecule has 8 heteroatoms. The fourth-order valence-corrected chi connectivity index (χ4v) is 3.51. The highest BCUT2D eigenvalue weighted by molar-refractivity contribution is 14.0. The standard InChI is InChI=1S/C18H25ClN4OS.HI/c1-5-20-18(22-11-17-12(2)23-13(3)25-17)21-9-8-14-6-7-15(24-4)10-16(14)19;/h6-7,10H,5,8-9,11H2,1-4H3,(H2,20,21,22);1H. The predicted octanol–water partition coefficient (Wildman–Crippen LogP) is 4.34. The van der Waals surface area contributed by atoms with Gasteiger partial charge in [0, 0.05) is 23.0 Å². The number of guanidine groups is 1. The zero-order chi connectivity index (χ0) is 18.2.